The molecule has 0 unspecified atom stereocenters. The van der Waals surface area contributed by atoms with Crippen LogP contribution in [0.15, 0.2) is 12.1 Å². The molecule has 0 aliphatic rings. The summed E-state index contributed by atoms with van der Waals surface area (Å²) in [5.41, 5.74) is 5.79. The second kappa shape index (κ2) is 6.05. The average Bonchev–Trinajstić information content (AvgIpc) is 2.29. The molecule has 3 N–H and O–H groups in total. The second-order valence-electron chi connectivity index (χ2n) is 4.00. The number of hydrogen-bond donors (Lipinski definition) is 2. The number of primary amides is 1. The van der Waals surface area contributed by atoms with Crippen molar-refractivity contribution in [1.29, 1.82) is 0 Å². The standard InChI is InChI=1S/C13H17NO4/c1-3-4-10-11(18-7-12(14)16)6-5-9(8(2)15)13(10)17/h5-6,17H,3-4,7H2,1-2H3,(H2,14,16). The van der Waals surface area contributed by atoms with Crippen LogP contribution in [0.2, 0.25) is 0 Å². The number of phenols is 1. The van der Waals surface area contributed by atoms with Crippen LogP contribution in [0.1, 0.15) is 36.2 Å². The SMILES string of the molecule is CCCc1c(OCC(N)=O)ccc(C(C)=O)c1O. The molecule has 0 aliphatic heterocycles. The van der Waals surface area contributed by atoms with Gasteiger partial charge in [0.1, 0.15) is 11.5 Å². The van der Waals surface area contributed by atoms with E-state index in [1.165, 1.54) is 13.0 Å². The Kier molecular flexibility index (Phi) is 4.71. The molecule has 18 heavy (non-hydrogen) atoms. The molecule has 0 saturated heterocycles. The maximum absolute atomic E-state index is 11.3. The first kappa shape index (κ1) is 14.0. The molecule has 0 atom stereocenters. The number of ether oxygens (including phenoxy) is 1. The van der Waals surface area contributed by atoms with Crippen LogP contribution in [0.5, 0.6) is 11.5 Å². The molecule has 0 bridgehead atoms. The maximum atomic E-state index is 11.3. The molecule has 1 rings (SSSR count). The number of aromatic hydroxyl groups is 1. The van der Waals surface area contributed by atoms with Crippen LogP contribution in [0, 0.1) is 0 Å². The van der Waals surface area contributed by atoms with Gasteiger partial charge in [-0.2, -0.15) is 0 Å². The quantitative estimate of drug-likeness (QED) is 0.748. The zero-order valence-electron chi connectivity index (χ0n) is 10.5. The molecule has 0 heterocycles. The number of rotatable bonds is 6. The number of amides is 1. The van der Waals surface area contributed by atoms with Crippen LogP contribution in [0.25, 0.3) is 0 Å². The van der Waals surface area contributed by atoms with Gasteiger partial charge in [0.25, 0.3) is 5.91 Å². The van der Waals surface area contributed by atoms with Gasteiger partial charge in [-0.05, 0) is 25.5 Å². The summed E-state index contributed by atoms with van der Waals surface area (Å²) < 4.78 is 5.22. The summed E-state index contributed by atoms with van der Waals surface area (Å²) in [7, 11) is 0. The highest BCUT2D eigenvalue weighted by Gasteiger charge is 2.16. The van der Waals surface area contributed by atoms with Crippen molar-refractivity contribution in [2.75, 3.05) is 6.61 Å². The van der Waals surface area contributed by atoms with Crippen molar-refractivity contribution in [3.8, 4) is 11.5 Å². The van der Waals surface area contributed by atoms with E-state index in [2.05, 4.69) is 0 Å². The summed E-state index contributed by atoms with van der Waals surface area (Å²) in [6.45, 7) is 3.07. The lowest BCUT2D eigenvalue weighted by Gasteiger charge is -2.13. The molecule has 1 amide bonds. The fourth-order valence-electron chi connectivity index (χ4n) is 1.68. The number of Topliss-reactive ketones (excluding diaryl/α,β-unsaturated/α-hetero) is 1. The number of carbonyl (C=O) groups is 2. The van der Waals surface area contributed by atoms with Crippen LogP contribution in [0.4, 0.5) is 0 Å². The van der Waals surface area contributed by atoms with Gasteiger partial charge in [-0.1, -0.05) is 13.3 Å². The molecular formula is C13H17NO4. The first-order valence-electron chi connectivity index (χ1n) is 5.74. The minimum atomic E-state index is -0.590. The highest BCUT2D eigenvalue weighted by atomic mass is 16.5. The largest absolute Gasteiger partial charge is 0.507 e. The zero-order valence-corrected chi connectivity index (χ0v) is 10.5. The first-order chi connectivity index (χ1) is 8.47. The smallest absolute Gasteiger partial charge is 0.255 e. The van der Waals surface area contributed by atoms with E-state index in [1.807, 2.05) is 6.92 Å². The van der Waals surface area contributed by atoms with Crippen LogP contribution in [-0.2, 0) is 11.2 Å². The number of benzene rings is 1. The molecule has 1 aromatic rings. The Balaban J connectivity index is 3.14. The molecule has 5 nitrogen and oxygen atoms in total. The van der Waals surface area contributed by atoms with Gasteiger partial charge in [0.2, 0.25) is 0 Å². The first-order valence-corrected chi connectivity index (χ1v) is 5.74. The van der Waals surface area contributed by atoms with E-state index < -0.39 is 5.91 Å². The second-order valence-corrected chi connectivity index (χ2v) is 4.00. The lowest BCUT2D eigenvalue weighted by atomic mass is 10.0. The van der Waals surface area contributed by atoms with E-state index in [-0.39, 0.29) is 23.7 Å². The van der Waals surface area contributed by atoms with Crippen LogP contribution >= 0.6 is 0 Å². The van der Waals surface area contributed by atoms with Crippen LogP contribution < -0.4 is 10.5 Å². The van der Waals surface area contributed by atoms with Crippen LogP contribution in [-0.4, -0.2) is 23.4 Å². The van der Waals surface area contributed by atoms with Crippen molar-refractivity contribution < 1.29 is 19.4 Å². The van der Waals surface area contributed by atoms with E-state index in [0.717, 1.165) is 6.42 Å². The highest BCUT2D eigenvalue weighted by Crippen LogP contribution is 2.32. The summed E-state index contributed by atoms with van der Waals surface area (Å²) in [5, 5.41) is 10.0. The predicted octanol–water partition coefficient (Wildman–Crippen LogP) is 1.41. The third-order valence-electron chi connectivity index (χ3n) is 2.49. The topological polar surface area (TPSA) is 89.6 Å². The number of phenolic OH excluding ortho intramolecular Hbond substituents is 1. The van der Waals surface area contributed by atoms with Gasteiger partial charge in [0.05, 0.1) is 5.56 Å². The summed E-state index contributed by atoms with van der Waals surface area (Å²) in [5.74, 6) is -0.497. The average molecular weight is 251 g/mol. The Hall–Kier alpha value is -2.04. The Bertz CT molecular complexity index is 468. The fraction of sp³-hybridized carbons (Fsp3) is 0.385. The molecule has 0 fully saturated rings. The van der Waals surface area contributed by atoms with Crippen molar-refractivity contribution in [2.45, 2.75) is 26.7 Å². The van der Waals surface area contributed by atoms with Gasteiger partial charge < -0.3 is 15.6 Å². The molecule has 0 spiro atoms. The van der Waals surface area contributed by atoms with Gasteiger partial charge in [-0.25, -0.2) is 0 Å². The molecule has 1 aromatic carbocycles. The lowest BCUT2D eigenvalue weighted by molar-refractivity contribution is -0.119. The van der Waals surface area contributed by atoms with Crippen molar-refractivity contribution in [1.82, 2.24) is 0 Å². The van der Waals surface area contributed by atoms with E-state index in [0.29, 0.717) is 17.7 Å². The lowest BCUT2D eigenvalue weighted by Crippen LogP contribution is -2.20. The number of nitrogens with two attached hydrogens (primary N) is 1. The van der Waals surface area contributed by atoms with E-state index in [9.17, 15) is 14.7 Å². The number of ketones is 1. The Morgan fingerprint density at radius 3 is 2.56 bits per heavy atom. The van der Waals surface area contributed by atoms with Gasteiger partial charge in [0.15, 0.2) is 12.4 Å². The van der Waals surface area contributed by atoms with E-state index in [1.54, 1.807) is 6.07 Å². The van der Waals surface area contributed by atoms with Crippen LogP contribution in [0.3, 0.4) is 0 Å². The normalized spacial score (nSPS) is 10.1. The summed E-state index contributed by atoms with van der Waals surface area (Å²) in [4.78, 5) is 22.0. The van der Waals surface area contributed by atoms with Crippen molar-refractivity contribution in [3.05, 3.63) is 23.3 Å². The zero-order chi connectivity index (χ0) is 13.7. The van der Waals surface area contributed by atoms with E-state index >= 15 is 0 Å². The van der Waals surface area contributed by atoms with Gasteiger partial charge in [-0.15, -0.1) is 0 Å². The predicted molar refractivity (Wildman–Crippen MR) is 66.8 cm³/mol. The van der Waals surface area contributed by atoms with Crippen molar-refractivity contribution >= 4 is 11.7 Å². The molecule has 0 aromatic heterocycles. The van der Waals surface area contributed by atoms with Crippen molar-refractivity contribution in [2.24, 2.45) is 5.73 Å². The monoisotopic (exact) mass is 251 g/mol. The molecule has 98 valence electrons. The fourth-order valence-corrected chi connectivity index (χ4v) is 1.68. The van der Waals surface area contributed by atoms with E-state index in [4.69, 9.17) is 10.5 Å². The van der Waals surface area contributed by atoms with Crippen molar-refractivity contribution in [3.63, 3.8) is 0 Å². The Labute approximate surface area is 106 Å². The molecule has 5 heteroatoms. The molecule has 0 saturated carbocycles. The minimum absolute atomic E-state index is 0.0775. The molecule has 0 aliphatic carbocycles. The summed E-state index contributed by atoms with van der Waals surface area (Å²) in [6.07, 6.45) is 1.34. The maximum Gasteiger partial charge on any atom is 0.255 e. The molecular weight excluding hydrogens is 234 g/mol. The van der Waals surface area contributed by atoms with Gasteiger partial charge in [-0.3, -0.25) is 9.59 Å². The molecule has 0 radical (unpaired) electrons. The summed E-state index contributed by atoms with van der Waals surface area (Å²) in [6, 6.07) is 3.05. The van der Waals surface area contributed by atoms with Gasteiger partial charge in [0, 0.05) is 5.56 Å². The Morgan fingerprint density at radius 2 is 2.06 bits per heavy atom. The Morgan fingerprint density at radius 1 is 1.39 bits per heavy atom. The number of hydrogen-bond acceptors (Lipinski definition) is 4. The highest BCUT2D eigenvalue weighted by molar-refractivity contribution is 5.97. The minimum Gasteiger partial charge on any atom is -0.507 e. The van der Waals surface area contributed by atoms with Gasteiger partial charge >= 0.3 is 0 Å². The summed E-state index contributed by atoms with van der Waals surface area (Å²) >= 11 is 0. The third-order valence-corrected chi connectivity index (χ3v) is 2.49. The number of carbonyl (C=O) groups excluding carboxylic acids is 2. The third kappa shape index (κ3) is 3.23.